The Morgan fingerprint density at radius 2 is 1.96 bits per heavy atom. The van der Waals surface area contributed by atoms with Crippen LogP contribution in [0.2, 0.25) is 0 Å². The number of rotatable bonds is 4. The van der Waals surface area contributed by atoms with Crippen molar-refractivity contribution >= 4 is 38.6 Å². The van der Waals surface area contributed by atoms with Crippen LogP contribution in [0.3, 0.4) is 0 Å². The summed E-state index contributed by atoms with van der Waals surface area (Å²) in [5, 5.41) is 15.9. The Balaban J connectivity index is 0.00000210. The van der Waals surface area contributed by atoms with E-state index in [4.69, 9.17) is 0 Å². The van der Waals surface area contributed by atoms with Gasteiger partial charge in [0.15, 0.2) is 5.52 Å². The predicted octanol–water partition coefficient (Wildman–Crippen LogP) is -2.55. The van der Waals surface area contributed by atoms with Crippen molar-refractivity contribution in [3.8, 4) is 0 Å². The van der Waals surface area contributed by atoms with Gasteiger partial charge in [0.25, 0.3) is 5.56 Å². The summed E-state index contributed by atoms with van der Waals surface area (Å²) >= 11 is 1.46. The Kier molecular flexibility index (Phi) is 5.66. The number of carboxylic acid groups (broad SMARTS) is 1. The van der Waals surface area contributed by atoms with Gasteiger partial charge in [0.2, 0.25) is 0 Å². The molecular formula is C17H12N5NaO3S. The van der Waals surface area contributed by atoms with E-state index in [0.29, 0.717) is 5.01 Å². The van der Waals surface area contributed by atoms with E-state index in [-0.39, 0.29) is 52.8 Å². The summed E-state index contributed by atoms with van der Waals surface area (Å²) in [6, 6.07) is 5.95. The van der Waals surface area contributed by atoms with Crippen molar-refractivity contribution in [3.05, 3.63) is 57.2 Å². The third-order valence-corrected chi connectivity index (χ3v) is 4.86. The molecule has 0 radical (unpaired) electrons. The van der Waals surface area contributed by atoms with Gasteiger partial charge in [-0.1, -0.05) is 6.07 Å². The van der Waals surface area contributed by atoms with Gasteiger partial charge in [0, 0.05) is 24.8 Å². The molecular weight excluding hydrogens is 377 g/mol. The Hall–Kier alpha value is -2.20. The van der Waals surface area contributed by atoms with E-state index in [1.807, 2.05) is 25.1 Å². The van der Waals surface area contributed by atoms with Crippen molar-refractivity contribution in [2.75, 3.05) is 0 Å². The summed E-state index contributed by atoms with van der Waals surface area (Å²) in [4.78, 5) is 36.3. The Labute approximate surface area is 179 Å². The molecule has 0 N–H and O–H groups in total. The summed E-state index contributed by atoms with van der Waals surface area (Å²) < 4.78 is 2.19. The van der Waals surface area contributed by atoms with Crippen LogP contribution in [0, 0.1) is 6.92 Å². The molecule has 0 unspecified atom stereocenters. The zero-order valence-corrected chi connectivity index (χ0v) is 17.5. The zero-order chi connectivity index (χ0) is 18.3. The third kappa shape index (κ3) is 3.91. The summed E-state index contributed by atoms with van der Waals surface area (Å²) in [5.74, 6) is -1.30. The molecule has 4 aromatic rings. The van der Waals surface area contributed by atoms with Gasteiger partial charge in [0.05, 0.1) is 22.5 Å². The molecule has 0 saturated heterocycles. The molecule has 0 atom stereocenters. The fourth-order valence-corrected chi connectivity index (χ4v) is 3.64. The fourth-order valence-electron chi connectivity index (χ4n) is 2.71. The molecule has 0 amide bonds. The third-order valence-electron chi connectivity index (χ3n) is 3.83. The van der Waals surface area contributed by atoms with Crippen LogP contribution in [0.5, 0.6) is 0 Å². The number of nitrogens with zero attached hydrogens (tertiary/aromatic N) is 5. The Morgan fingerprint density at radius 3 is 2.70 bits per heavy atom. The van der Waals surface area contributed by atoms with Gasteiger partial charge < -0.3 is 9.90 Å². The zero-order valence-electron chi connectivity index (χ0n) is 14.7. The molecule has 0 saturated carbocycles. The monoisotopic (exact) mass is 389 g/mol. The van der Waals surface area contributed by atoms with E-state index in [1.54, 1.807) is 0 Å². The molecule has 0 fully saturated rings. The van der Waals surface area contributed by atoms with E-state index in [1.165, 1.54) is 28.4 Å². The average molecular weight is 389 g/mol. The minimum Gasteiger partial charge on any atom is -0.550 e. The SMILES string of the molecule is Cc1ccc2sc(Cn3nc(CC(=O)[O-])c4nccnc4c3=O)nc2c1.[Na+]. The first-order chi connectivity index (χ1) is 12.5. The number of hydrogen-bond donors (Lipinski definition) is 0. The minimum atomic E-state index is -1.30. The van der Waals surface area contributed by atoms with Crippen LogP contribution in [0.15, 0.2) is 35.4 Å². The molecule has 1 aromatic carbocycles. The molecule has 0 aliphatic carbocycles. The van der Waals surface area contributed by atoms with Crippen molar-refractivity contribution in [1.29, 1.82) is 0 Å². The van der Waals surface area contributed by atoms with Crippen LogP contribution in [0.4, 0.5) is 0 Å². The predicted molar refractivity (Wildman–Crippen MR) is 93.8 cm³/mol. The number of carboxylic acids is 1. The Bertz CT molecular complexity index is 1220. The first-order valence-electron chi connectivity index (χ1n) is 7.78. The number of carbonyl (C=O) groups is 1. The van der Waals surface area contributed by atoms with E-state index in [0.717, 1.165) is 15.8 Å². The van der Waals surface area contributed by atoms with Gasteiger partial charge in [-0.25, -0.2) is 14.6 Å². The number of carbonyl (C=O) groups excluding carboxylic acids is 1. The van der Waals surface area contributed by atoms with Gasteiger partial charge in [-0.15, -0.1) is 11.3 Å². The molecule has 8 nitrogen and oxygen atoms in total. The summed E-state index contributed by atoms with van der Waals surface area (Å²) in [7, 11) is 0. The first kappa shape index (κ1) is 19.6. The van der Waals surface area contributed by atoms with Crippen molar-refractivity contribution < 1.29 is 39.5 Å². The van der Waals surface area contributed by atoms with Crippen molar-refractivity contribution in [1.82, 2.24) is 24.7 Å². The van der Waals surface area contributed by atoms with E-state index >= 15 is 0 Å². The number of thiazole rings is 1. The van der Waals surface area contributed by atoms with Crippen LogP contribution in [0.1, 0.15) is 16.3 Å². The van der Waals surface area contributed by atoms with Gasteiger partial charge >= 0.3 is 29.6 Å². The van der Waals surface area contributed by atoms with E-state index in [2.05, 4.69) is 20.1 Å². The molecule has 10 heteroatoms. The molecule has 3 heterocycles. The number of benzene rings is 1. The normalized spacial score (nSPS) is 10.9. The number of fused-ring (bicyclic) bond motifs is 2. The maximum atomic E-state index is 12.7. The van der Waals surface area contributed by atoms with E-state index < -0.39 is 17.9 Å². The molecule has 130 valence electrons. The average Bonchev–Trinajstić information content (AvgIpc) is 3.00. The van der Waals surface area contributed by atoms with Gasteiger partial charge in [-0.2, -0.15) is 5.10 Å². The quantitative estimate of drug-likeness (QED) is 0.353. The minimum absolute atomic E-state index is 0. The van der Waals surface area contributed by atoms with E-state index in [9.17, 15) is 14.7 Å². The fraction of sp³-hybridized carbons (Fsp3) is 0.176. The van der Waals surface area contributed by atoms with Crippen LogP contribution in [-0.2, 0) is 17.8 Å². The second kappa shape index (κ2) is 7.81. The molecule has 4 rings (SSSR count). The van der Waals surface area contributed by atoms with Crippen LogP contribution >= 0.6 is 11.3 Å². The Morgan fingerprint density at radius 1 is 1.22 bits per heavy atom. The molecule has 0 spiro atoms. The standard InChI is InChI=1S/C17H13N5O3S.Na/c1-9-2-3-12-10(6-9)20-13(26-12)8-22-17(25)16-15(18-4-5-19-16)11(21-22)7-14(23)24;/h2-6H,7-8H2,1H3,(H,23,24);/q;+1/p-1. The van der Waals surface area contributed by atoms with Crippen molar-refractivity contribution in [3.63, 3.8) is 0 Å². The van der Waals surface area contributed by atoms with Crippen molar-refractivity contribution in [2.24, 2.45) is 0 Å². The second-order valence-electron chi connectivity index (χ2n) is 5.79. The number of aromatic nitrogens is 5. The maximum absolute atomic E-state index is 12.7. The molecule has 27 heavy (non-hydrogen) atoms. The molecule has 0 aliphatic rings. The number of hydrogen-bond acceptors (Lipinski definition) is 8. The molecule has 3 aromatic heterocycles. The van der Waals surface area contributed by atoms with Gasteiger partial charge in [-0.3, -0.25) is 9.78 Å². The molecule has 0 aliphatic heterocycles. The topological polar surface area (TPSA) is 114 Å². The van der Waals surface area contributed by atoms with Crippen LogP contribution in [-0.4, -0.2) is 30.7 Å². The maximum Gasteiger partial charge on any atom is 1.00 e. The second-order valence-corrected chi connectivity index (χ2v) is 6.91. The molecule has 0 bridgehead atoms. The smallest absolute Gasteiger partial charge is 0.550 e. The summed E-state index contributed by atoms with van der Waals surface area (Å²) in [5.41, 5.74) is 1.92. The van der Waals surface area contributed by atoms with Gasteiger partial charge in [-0.05, 0) is 24.6 Å². The summed E-state index contributed by atoms with van der Waals surface area (Å²) in [6.45, 7) is 2.11. The number of aliphatic carboxylic acids is 1. The van der Waals surface area contributed by atoms with Crippen LogP contribution in [0.25, 0.3) is 21.3 Å². The largest absolute Gasteiger partial charge is 1.00 e. The van der Waals surface area contributed by atoms with Crippen LogP contribution < -0.4 is 40.2 Å². The number of aryl methyl sites for hydroxylation is 1. The van der Waals surface area contributed by atoms with Gasteiger partial charge in [0.1, 0.15) is 10.5 Å². The summed E-state index contributed by atoms with van der Waals surface area (Å²) in [6.07, 6.45) is 2.33. The van der Waals surface area contributed by atoms with Crippen molar-refractivity contribution in [2.45, 2.75) is 19.9 Å². The first-order valence-corrected chi connectivity index (χ1v) is 8.59.